The quantitative estimate of drug-likeness (QED) is 0.0663. The first-order chi connectivity index (χ1) is 17.7. The smallest absolute Gasteiger partial charge is 0.332 e. The van der Waals surface area contributed by atoms with Crippen molar-refractivity contribution in [3.63, 3.8) is 0 Å². The number of hydrogen-bond acceptors (Lipinski definition) is 8. The summed E-state index contributed by atoms with van der Waals surface area (Å²) in [5, 5.41) is 7.94. The van der Waals surface area contributed by atoms with Crippen molar-refractivity contribution in [1.29, 1.82) is 0 Å². The maximum absolute atomic E-state index is 13.1. The molecule has 2 unspecified atom stereocenters. The van der Waals surface area contributed by atoms with Gasteiger partial charge in [-0.15, -0.1) is 0 Å². The van der Waals surface area contributed by atoms with Crippen molar-refractivity contribution in [3.05, 3.63) is 0 Å². The number of esters is 1. The number of aliphatic imine (C=N–C) groups is 1. The number of nitrogens with two attached hydrogens (primary N) is 3. The summed E-state index contributed by atoms with van der Waals surface area (Å²) in [4.78, 5) is 67.9. The molecular formula is C25H45N7O6. The van der Waals surface area contributed by atoms with Crippen LogP contribution in [0, 0.1) is 11.8 Å². The number of ether oxygens (including phenoxy) is 1. The van der Waals surface area contributed by atoms with Gasteiger partial charge >= 0.3 is 5.97 Å². The number of carbonyl (C=O) groups excluding carboxylic acids is 5. The number of amides is 3. The molecular weight excluding hydrogens is 494 g/mol. The molecule has 38 heavy (non-hydrogen) atoms. The SMILES string of the molecule is CCOC(=O)C1(NC(=O)[C@H](C)NC(=O)[C@H](CCCN=C(N)N)NC(=O)[C@@H](N)CC(C)C)CCCC1C(C)=O. The lowest BCUT2D eigenvalue weighted by Gasteiger charge is -2.34. The third-order valence-electron chi connectivity index (χ3n) is 6.53. The van der Waals surface area contributed by atoms with Gasteiger partial charge < -0.3 is 37.9 Å². The summed E-state index contributed by atoms with van der Waals surface area (Å²) in [6.07, 6.45) is 2.25. The van der Waals surface area contributed by atoms with Crippen LogP contribution in [-0.2, 0) is 28.7 Å². The van der Waals surface area contributed by atoms with E-state index in [9.17, 15) is 24.0 Å². The predicted octanol–water partition coefficient (Wildman–Crippen LogP) is -0.790. The van der Waals surface area contributed by atoms with Gasteiger partial charge in [-0.1, -0.05) is 13.8 Å². The van der Waals surface area contributed by atoms with Crippen LogP contribution in [0.5, 0.6) is 0 Å². The Morgan fingerprint density at radius 3 is 2.26 bits per heavy atom. The van der Waals surface area contributed by atoms with Gasteiger partial charge in [0.25, 0.3) is 0 Å². The van der Waals surface area contributed by atoms with Gasteiger partial charge in [0.2, 0.25) is 17.7 Å². The highest BCUT2D eigenvalue weighted by Gasteiger charge is 2.53. The van der Waals surface area contributed by atoms with E-state index < -0.39 is 53.3 Å². The molecule has 1 rings (SSSR count). The number of nitrogens with zero attached hydrogens (tertiary/aromatic N) is 1. The van der Waals surface area contributed by atoms with Crippen molar-refractivity contribution in [2.75, 3.05) is 13.2 Å². The largest absolute Gasteiger partial charge is 0.464 e. The van der Waals surface area contributed by atoms with Crippen LogP contribution in [0.1, 0.15) is 73.1 Å². The molecule has 13 heteroatoms. The average Bonchev–Trinajstić information content (AvgIpc) is 3.25. The Balaban J connectivity index is 3.00. The van der Waals surface area contributed by atoms with Crippen molar-refractivity contribution in [1.82, 2.24) is 16.0 Å². The van der Waals surface area contributed by atoms with Crippen molar-refractivity contribution in [2.45, 2.75) is 96.8 Å². The average molecular weight is 540 g/mol. The topological polar surface area (TPSA) is 221 Å². The van der Waals surface area contributed by atoms with Gasteiger partial charge in [-0.3, -0.25) is 24.2 Å². The van der Waals surface area contributed by atoms with Crippen LogP contribution in [0.2, 0.25) is 0 Å². The van der Waals surface area contributed by atoms with Crippen LogP contribution in [0.3, 0.4) is 0 Å². The summed E-state index contributed by atoms with van der Waals surface area (Å²) in [6, 6.07) is -2.89. The molecule has 0 saturated heterocycles. The Kier molecular flexibility index (Phi) is 13.2. The number of nitrogens with one attached hydrogen (secondary N) is 3. The van der Waals surface area contributed by atoms with Crippen LogP contribution in [-0.4, -0.2) is 72.2 Å². The summed E-state index contributed by atoms with van der Waals surface area (Å²) in [5.74, 6) is -3.29. The molecule has 0 spiro atoms. The van der Waals surface area contributed by atoms with Crippen molar-refractivity contribution in [2.24, 2.45) is 34.0 Å². The number of Topliss-reactive ketones (excluding diaryl/α,β-unsaturated/α-hetero) is 1. The van der Waals surface area contributed by atoms with Gasteiger partial charge in [-0.25, -0.2) is 4.79 Å². The summed E-state index contributed by atoms with van der Waals surface area (Å²) < 4.78 is 5.19. The Hall–Kier alpha value is -3.22. The van der Waals surface area contributed by atoms with Crippen LogP contribution >= 0.6 is 0 Å². The van der Waals surface area contributed by atoms with E-state index in [2.05, 4.69) is 20.9 Å². The lowest BCUT2D eigenvalue weighted by Crippen LogP contribution is -2.63. The van der Waals surface area contributed by atoms with Gasteiger partial charge in [-0.2, -0.15) is 0 Å². The maximum atomic E-state index is 13.1. The fourth-order valence-corrected chi connectivity index (χ4v) is 4.63. The minimum absolute atomic E-state index is 0.0908. The van der Waals surface area contributed by atoms with Crippen LogP contribution < -0.4 is 33.2 Å². The molecule has 1 fully saturated rings. The number of carbonyl (C=O) groups is 5. The maximum Gasteiger partial charge on any atom is 0.332 e. The molecule has 3 amide bonds. The molecule has 0 aromatic carbocycles. The standard InChI is InChI=1S/C25H45N7O6/c1-6-38-23(37)25(11-7-9-17(25)16(5)33)32-20(34)15(4)30-22(36)19(10-8-12-29-24(27)28)31-21(35)18(26)13-14(2)3/h14-15,17-19H,6-13,26H2,1-5H3,(H,30,36)(H,31,35)(H,32,34)(H4,27,28,29)/t15-,17?,18-,19-,25?/m0/s1. The highest BCUT2D eigenvalue weighted by atomic mass is 16.5. The van der Waals surface area contributed by atoms with E-state index in [0.29, 0.717) is 25.7 Å². The van der Waals surface area contributed by atoms with Gasteiger partial charge in [0.05, 0.1) is 18.6 Å². The minimum atomic E-state index is -1.49. The normalized spacial score (nSPS) is 21.1. The number of ketones is 1. The molecule has 0 radical (unpaired) electrons. The van der Waals surface area contributed by atoms with Crippen LogP contribution in [0.25, 0.3) is 0 Å². The summed E-state index contributed by atoms with van der Waals surface area (Å²) in [6.45, 7) is 8.65. The van der Waals surface area contributed by atoms with Gasteiger partial charge in [0.1, 0.15) is 23.4 Å². The first kappa shape index (κ1) is 32.8. The molecule has 1 saturated carbocycles. The number of guanidine groups is 1. The lowest BCUT2D eigenvalue weighted by atomic mass is 9.84. The van der Waals surface area contributed by atoms with E-state index in [4.69, 9.17) is 21.9 Å². The van der Waals surface area contributed by atoms with Gasteiger partial charge in [0, 0.05) is 6.54 Å². The molecule has 0 bridgehead atoms. The van der Waals surface area contributed by atoms with E-state index in [0.717, 1.165) is 0 Å². The molecule has 216 valence electrons. The molecule has 0 aromatic rings. The summed E-state index contributed by atoms with van der Waals surface area (Å²) in [7, 11) is 0. The van der Waals surface area contributed by atoms with E-state index in [-0.39, 0.29) is 43.7 Å². The number of hydrogen-bond donors (Lipinski definition) is 6. The second kappa shape index (κ2) is 15.3. The zero-order valence-corrected chi connectivity index (χ0v) is 23.2. The molecule has 0 heterocycles. The van der Waals surface area contributed by atoms with Crippen LogP contribution in [0.15, 0.2) is 4.99 Å². The molecule has 5 atom stereocenters. The van der Waals surface area contributed by atoms with E-state index in [1.165, 1.54) is 13.8 Å². The van der Waals surface area contributed by atoms with E-state index in [1.54, 1.807) is 6.92 Å². The zero-order valence-electron chi connectivity index (χ0n) is 23.2. The summed E-state index contributed by atoms with van der Waals surface area (Å²) >= 11 is 0. The molecule has 0 aliphatic heterocycles. The van der Waals surface area contributed by atoms with Crippen molar-refractivity contribution < 1.29 is 28.7 Å². The third kappa shape index (κ3) is 9.58. The molecule has 1 aliphatic rings. The van der Waals surface area contributed by atoms with Crippen molar-refractivity contribution >= 4 is 35.4 Å². The Labute approximate surface area is 224 Å². The first-order valence-corrected chi connectivity index (χ1v) is 13.2. The Bertz CT molecular complexity index is 889. The first-order valence-electron chi connectivity index (χ1n) is 13.2. The molecule has 13 nitrogen and oxygen atoms in total. The van der Waals surface area contributed by atoms with E-state index in [1.807, 2.05) is 13.8 Å². The second-order valence-electron chi connectivity index (χ2n) is 10.2. The van der Waals surface area contributed by atoms with E-state index >= 15 is 0 Å². The molecule has 1 aliphatic carbocycles. The third-order valence-corrected chi connectivity index (χ3v) is 6.53. The lowest BCUT2D eigenvalue weighted by molar-refractivity contribution is -0.157. The highest BCUT2D eigenvalue weighted by molar-refractivity contribution is 5.98. The van der Waals surface area contributed by atoms with Crippen molar-refractivity contribution in [3.8, 4) is 0 Å². The molecule has 9 N–H and O–H groups in total. The highest BCUT2D eigenvalue weighted by Crippen LogP contribution is 2.37. The zero-order chi connectivity index (χ0) is 29.0. The summed E-state index contributed by atoms with van der Waals surface area (Å²) in [5.41, 5.74) is 15.2. The fourth-order valence-electron chi connectivity index (χ4n) is 4.63. The van der Waals surface area contributed by atoms with Gasteiger partial charge in [-0.05, 0) is 65.2 Å². The van der Waals surface area contributed by atoms with Crippen LogP contribution in [0.4, 0.5) is 0 Å². The Morgan fingerprint density at radius 2 is 1.71 bits per heavy atom. The molecule has 0 aromatic heterocycles. The Morgan fingerprint density at radius 1 is 1.05 bits per heavy atom. The number of rotatable bonds is 15. The van der Waals surface area contributed by atoms with Gasteiger partial charge in [0.15, 0.2) is 5.96 Å². The monoisotopic (exact) mass is 539 g/mol. The predicted molar refractivity (Wildman–Crippen MR) is 142 cm³/mol. The fraction of sp³-hybridized carbons (Fsp3) is 0.760. The minimum Gasteiger partial charge on any atom is -0.464 e. The second-order valence-corrected chi connectivity index (χ2v) is 10.2.